The smallest absolute Gasteiger partial charge is 0.319 e. The SMILES string of the molecule is CNC(=O)c1ccc(NC(=O)NCCc2ccc(Cl)cc2Cl)cc1Cl. The Balaban J connectivity index is 1.88. The second-order valence-corrected chi connectivity index (χ2v) is 6.39. The number of carbonyl (C=O) groups is 2. The summed E-state index contributed by atoms with van der Waals surface area (Å²) in [4.78, 5) is 23.5. The highest BCUT2D eigenvalue weighted by atomic mass is 35.5. The molecule has 0 unspecified atom stereocenters. The highest BCUT2D eigenvalue weighted by molar-refractivity contribution is 6.35. The maximum atomic E-state index is 11.9. The van der Waals surface area contributed by atoms with Gasteiger partial charge in [0.05, 0.1) is 10.6 Å². The number of benzene rings is 2. The summed E-state index contributed by atoms with van der Waals surface area (Å²) in [5.74, 6) is -0.291. The molecule has 2 aromatic rings. The fourth-order valence-corrected chi connectivity index (χ4v) is 2.89. The Hall–Kier alpha value is -1.95. The van der Waals surface area contributed by atoms with Gasteiger partial charge in [-0.2, -0.15) is 0 Å². The summed E-state index contributed by atoms with van der Waals surface area (Å²) >= 11 is 18.0. The number of amides is 3. The molecule has 3 N–H and O–H groups in total. The normalized spacial score (nSPS) is 10.2. The number of nitrogens with one attached hydrogen (secondary N) is 3. The summed E-state index contributed by atoms with van der Waals surface area (Å²) in [5, 5.41) is 9.26. The van der Waals surface area contributed by atoms with E-state index in [2.05, 4.69) is 16.0 Å². The molecule has 0 heterocycles. The Morgan fingerprint density at radius 1 is 1.00 bits per heavy atom. The number of hydrogen-bond donors (Lipinski definition) is 3. The van der Waals surface area contributed by atoms with Gasteiger partial charge >= 0.3 is 6.03 Å². The quantitative estimate of drug-likeness (QED) is 0.697. The summed E-state index contributed by atoms with van der Waals surface area (Å²) in [6, 6.07) is 9.52. The number of urea groups is 1. The third-order valence-corrected chi connectivity index (χ3v) is 4.29. The van der Waals surface area contributed by atoms with Gasteiger partial charge in [0.15, 0.2) is 0 Å². The average Bonchev–Trinajstić information content (AvgIpc) is 2.56. The zero-order chi connectivity index (χ0) is 18.4. The molecule has 0 spiro atoms. The molecule has 0 bridgehead atoms. The van der Waals surface area contributed by atoms with E-state index >= 15 is 0 Å². The number of hydrogen-bond acceptors (Lipinski definition) is 2. The van der Waals surface area contributed by atoms with Gasteiger partial charge in [0, 0.05) is 29.3 Å². The third-order valence-electron chi connectivity index (χ3n) is 3.39. The first-order chi connectivity index (χ1) is 11.9. The first-order valence-electron chi connectivity index (χ1n) is 7.41. The van der Waals surface area contributed by atoms with Crippen molar-refractivity contribution in [3.8, 4) is 0 Å². The minimum Gasteiger partial charge on any atom is -0.355 e. The van der Waals surface area contributed by atoms with E-state index in [4.69, 9.17) is 34.8 Å². The molecule has 2 rings (SSSR count). The van der Waals surface area contributed by atoms with E-state index in [0.717, 1.165) is 5.56 Å². The molecule has 0 saturated heterocycles. The third kappa shape index (κ3) is 5.53. The van der Waals surface area contributed by atoms with Gasteiger partial charge in [0.1, 0.15) is 0 Å². The molecule has 25 heavy (non-hydrogen) atoms. The average molecular weight is 401 g/mol. The van der Waals surface area contributed by atoms with Crippen molar-refractivity contribution < 1.29 is 9.59 Å². The molecule has 0 atom stereocenters. The van der Waals surface area contributed by atoms with E-state index in [1.165, 1.54) is 13.1 Å². The maximum Gasteiger partial charge on any atom is 0.319 e. The summed E-state index contributed by atoms with van der Waals surface area (Å²) in [5.41, 5.74) is 1.72. The summed E-state index contributed by atoms with van der Waals surface area (Å²) < 4.78 is 0. The molecule has 132 valence electrons. The van der Waals surface area contributed by atoms with Gasteiger partial charge in [-0.25, -0.2) is 4.79 Å². The number of rotatable bonds is 5. The van der Waals surface area contributed by atoms with Crippen LogP contribution in [-0.4, -0.2) is 25.5 Å². The Labute approximate surface area is 160 Å². The topological polar surface area (TPSA) is 70.2 Å². The Kier molecular flexibility index (Phi) is 6.93. The predicted octanol–water partition coefficient (Wildman–Crippen LogP) is 4.37. The second-order valence-electron chi connectivity index (χ2n) is 5.14. The largest absolute Gasteiger partial charge is 0.355 e. The van der Waals surface area contributed by atoms with Crippen LogP contribution < -0.4 is 16.0 Å². The number of anilines is 1. The Bertz CT molecular complexity index is 797. The summed E-state index contributed by atoms with van der Waals surface area (Å²) in [7, 11) is 1.52. The van der Waals surface area contributed by atoms with Gasteiger partial charge in [-0.3, -0.25) is 4.79 Å². The van der Waals surface area contributed by atoms with E-state index in [0.29, 0.717) is 34.3 Å². The highest BCUT2D eigenvalue weighted by Gasteiger charge is 2.10. The van der Waals surface area contributed by atoms with Gasteiger partial charge < -0.3 is 16.0 Å². The fraction of sp³-hybridized carbons (Fsp3) is 0.176. The molecule has 0 fully saturated rings. The second kappa shape index (κ2) is 8.94. The monoisotopic (exact) mass is 399 g/mol. The zero-order valence-corrected chi connectivity index (χ0v) is 15.6. The van der Waals surface area contributed by atoms with Crippen molar-refractivity contribution in [1.82, 2.24) is 10.6 Å². The minimum atomic E-state index is -0.381. The van der Waals surface area contributed by atoms with Gasteiger partial charge in [0.25, 0.3) is 5.91 Å². The van der Waals surface area contributed by atoms with Gasteiger partial charge in [-0.15, -0.1) is 0 Å². The van der Waals surface area contributed by atoms with Crippen molar-refractivity contribution in [3.05, 3.63) is 62.6 Å². The Morgan fingerprint density at radius 2 is 1.76 bits per heavy atom. The molecule has 0 radical (unpaired) electrons. The van der Waals surface area contributed by atoms with Gasteiger partial charge in [-0.05, 0) is 42.3 Å². The van der Waals surface area contributed by atoms with E-state index in [1.54, 1.807) is 24.3 Å². The molecular formula is C17H16Cl3N3O2. The lowest BCUT2D eigenvalue weighted by Gasteiger charge is -2.10. The Morgan fingerprint density at radius 3 is 2.40 bits per heavy atom. The van der Waals surface area contributed by atoms with E-state index in [9.17, 15) is 9.59 Å². The van der Waals surface area contributed by atoms with Gasteiger partial charge in [-0.1, -0.05) is 40.9 Å². The van der Waals surface area contributed by atoms with Crippen LogP contribution >= 0.6 is 34.8 Å². The minimum absolute atomic E-state index is 0.255. The molecular weight excluding hydrogens is 385 g/mol. The van der Waals surface area contributed by atoms with Crippen LogP contribution in [0.2, 0.25) is 15.1 Å². The van der Waals surface area contributed by atoms with Crippen molar-refractivity contribution in [1.29, 1.82) is 0 Å². The molecule has 0 aliphatic heterocycles. The van der Waals surface area contributed by atoms with E-state index in [1.807, 2.05) is 6.07 Å². The van der Waals surface area contributed by atoms with Crippen molar-refractivity contribution in [2.75, 3.05) is 18.9 Å². The van der Waals surface area contributed by atoms with Crippen LogP contribution in [0.5, 0.6) is 0 Å². The standard InChI is InChI=1S/C17H16Cl3N3O2/c1-21-16(24)13-5-4-12(9-15(13)20)23-17(25)22-7-6-10-2-3-11(18)8-14(10)19/h2-5,8-9H,6-7H2,1H3,(H,21,24)(H2,22,23,25). The summed E-state index contributed by atoms with van der Waals surface area (Å²) in [6.07, 6.45) is 0.569. The van der Waals surface area contributed by atoms with Crippen LogP contribution in [0.4, 0.5) is 10.5 Å². The van der Waals surface area contributed by atoms with Crippen molar-refractivity contribution >= 4 is 52.4 Å². The van der Waals surface area contributed by atoms with Crippen LogP contribution in [0.25, 0.3) is 0 Å². The number of carbonyl (C=O) groups excluding carboxylic acids is 2. The molecule has 8 heteroatoms. The lowest BCUT2D eigenvalue weighted by molar-refractivity contribution is 0.0963. The lowest BCUT2D eigenvalue weighted by atomic mass is 10.1. The van der Waals surface area contributed by atoms with Crippen LogP contribution in [-0.2, 0) is 6.42 Å². The molecule has 5 nitrogen and oxygen atoms in total. The molecule has 0 aliphatic carbocycles. The molecule has 0 aromatic heterocycles. The number of halogens is 3. The maximum absolute atomic E-state index is 11.9. The highest BCUT2D eigenvalue weighted by Crippen LogP contribution is 2.22. The molecule has 0 aliphatic rings. The van der Waals surface area contributed by atoms with Crippen molar-refractivity contribution in [3.63, 3.8) is 0 Å². The first kappa shape index (κ1) is 19.4. The van der Waals surface area contributed by atoms with Crippen molar-refractivity contribution in [2.24, 2.45) is 0 Å². The van der Waals surface area contributed by atoms with Crippen LogP contribution in [0.15, 0.2) is 36.4 Å². The van der Waals surface area contributed by atoms with Crippen LogP contribution in [0, 0.1) is 0 Å². The molecule has 3 amide bonds. The fourth-order valence-electron chi connectivity index (χ4n) is 2.12. The van der Waals surface area contributed by atoms with Crippen LogP contribution in [0.3, 0.4) is 0 Å². The van der Waals surface area contributed by atoms with Gasteiger partial charge in [0.2, 0.25) is 0 Å². The molecule has 2 aromatic carbocycles. The zero-order valence-electron chi connectivity index (χ0n) is 13.3. The predicted molar refractivity (Wildman–Crippen MR) is 102 cm³/mol. The summed E-state index contributed by atoms with van der Waals surface area (Å²) in [6.45, 7) is 0.400. The molecule has 0 saturated carbocycles. The van der Waals surface area contributed by atoms with Crippen LogP contribution in [0.1, 0.15) is 15.9 Å². The van der Waals surface area contributed by atoms with E-state index < -0.39 is 0 Å². The van der Waals surface area contributed by atoms with E-state index in [-0.39, 0.29) is 17.0 Å². The lowest BCUT2D eigenvalue weighted by Crippen LogP contribution is -2.30. The van der Waals surface area contributed by atoms with Crippen molar-refractivity contribution in [2.45, 2.75) is 6.42 Å². The first-order valence-corrected chi connectivity index (χ1v) is 8.54.